The van der Waals surface area contributed by atoms with Crippen molar-refractivity contribution >= 4 is 16.8 Å². The Labute approximate surface area is 165 Å². The van der Waals surface area contributed by atoms with Gasteiger partial charge in [-0.25, -0.2) is 0 Å². The lowest BCUT2D eigenvalue weighted by atomic mass is 10.1. The number of benzene rings is 2. The molecule has 0 saturated carbocycles. The van der Waals surface area contributed by atoms with Gasteiger partial charge < -0.3 is 14.6 Å². The molecule has 1 aliphatic heterocycles. The molecule has 1 amide bonds. The van der Waals surface area contributed by atoms with Crippen molar-refractivity contribution in [1.29, 1.82) is 0 Å². The molecule has 1 fully saturated rings. The zero-order valence-electron chi connectivity index (χ0n) is 16.5. The Morgan fingerprint density at radius 2 is 2.04 bits per heavy atom. The summed E-state index contributed by atoms with van der Waals surface area (Å²) in [4.78, 5) is 15.0. The summed E-state index contributed by atoms with van der Waals surface area (Å²) < 4.78 is 7.26. The standard InChI is InChI=1S/C23H27N3O2/c1-17(18-6-4-3-5-7-18)25-13-11-20(15-25)24-23(27)16-26-12-10-19-14-21(28-2)8-9-22(19)26/h3-10,12,14,17,20H,11,13,15-16H2,1-2H3,(H,24,27). The second-order valence-electron chi connectivity index (χ2n) is 7.50. The zero-order valence-corrected chi connectivity index (χ0v) is 16.5. The Kier molecular flexibility index (Phi) is 5.35. The van der Waals surface area contributed by atoms with Gasteiger partial charge in [-0.3, -0.25) is 9.69 Å². The summed E-state index contributed by atoms with van der Waals surface area (Å²) in [5.74, 6) is 0.890. The summed E-state index contributed by atoms with van der Waals surface area (Å²) >= 11 is 0. The first-order valence-electron chi connectivity index (χ1n) is 9.85. The van der Waals surface area contributed by atoms with Crippen LogP contribution in [0, 0.1) is 0 Å². The maximum atomic E-state index is 12.6. The van der Waals surface area contributed by atoms with E-state index in [1.807, 2.05) is 41.1 Å². The van der Waals surface area contributed by atoms with Gasteiger partial charge >= 0.3 is 0 Å². The van der Waals surface area contributed by atoms with Crippen LogP contribution in [0.1, 0.15) is 24.9 Å². The van der Waals surface area contributed by atoms with Gasteiger partial charge in [0.05, 0.1) is 7.11 Å². The molecule has 0 aliphatic carbocycles. The fourth-order valence-corrected chi connectivity index (χ4v) is 4.07. The molecule has 1 saturated heterocycles. The molecular formula is C23H27N3O2. The molecular weight excluding hydrogens is 350 g/mol. The molecule has 0 bridgehead atoms. The van der Waals surface area contributed by atoms with E-state index in [1.54, 1.807) is 7.11 Å². The molecule has 1 aliphatic rings. The van der Waals surface area contributed by atoms with Gasteiger partial charge in [-0.2, -0.15) is 0 Å². The summed E-state index contributed by atoms with van der Waals surface area (Å²) in [5, 5.41) is 4.29. The van der Waals surface area contributed by atoms with Crippen LogP contribution in [0.25, 0.3) is 10.9 Å². The predicted molar refractivity (Wildman–Crippen MR) is 111 cm³/mol. The van der Waals surface area contributed by atoms with Crippen LogP contribution in [0.5, 0.6) is 5.75 Å². The van der Waals surface area contributed by atoms with Crippen molar-refractivity contribution < 1.29 is 9.53 Å². The zero-order chi connectivity index (χ0) is 19.5. The fraction of sp³-hybridized carbons (Fsp3) is 0.348. The third kappa shape index (κ3) is 3.90. The van der Waals surface area contributed by atoms with Gasteiger partial charge in [0.15, 0.2) is 0 Å². The highest BCUT2D eigenvalue weighted by Gasteiger charge is 2.27. The number of carbonyl (C=O) groups excluding carboxylic acids is 1. The minimum Gasteiger partial charge on any atom is -0.497 e. The molecule has 0 radical (unpaired) electrons. The van der Waals surface area contributed by atoms with Gasteiger partial charge in [-0.05, 0) is 43.2 Å². The molecule has 2 aromatic carbocycles. The number of fused-ring (bicyclic) bond motifs is 1. The maximum absolute atomic E-state index is 12.6. The number of nitrogens with one attached hydrogen (secondary N) is 1. The smallest absolute Gasteiger partial charge is 0.240 e. The monoisotopic (exact) mass is 377 g/mol. The van der Waals surface area contributed by atoms with Gasteiger partial charge in [-0.15, -0.1) is 0 Å². The maximum Gasteiger partial charge on any atom is 0.240 e. The van der Waals surface area contributed by atoms with Crippen molar-refractivity contribution in [3.8, 4) is 5.75 Å². The van der Waals surface area contributed by atoms with Crippen LogP contribution in [0.3, 0.4) is 0 Å². The second kappa shape index (κ2) is 8.07. The van der Waals surface area contributed by atoms with E-state index >= 15 is 0 Å². The number of nitrogens with zero attached hydrogens (tertiary/aromatic N) is 2. The van der Waals surface area contributed by atoms with Gasteiger partial charge in [0.2, 0.25) is 5.91 Å². The molecule has 2 unspecified atom stereocenters. The molecule has 1 aromatic heterocycles. The van der Waals surface area contributed by atoms with Crippen molar-refractivity contribution in [2.24, 2.45) is 0 Å². The van der Waals surface area contributed by atoms with Crippen molar-refractivity contribution in [3.05, 3.63) is 66.4 Å². The predicted octanol–water partition coefficient (Wildman–Crippen LogP) is 3.60. The van der Waals surface area contributed by atoms with Crippen LogP contribution in [0.15, 0.2) is 60.8 Å². The van der Waals surface area contributed by atoms with E-state index in [-0.39, 0.29) is 11.9 Å². The van der Waals surface area contributed by atoms with Gasteiger partial charge in [0.25, 0.3) is 0 Å². The van der Waals surface area contributed by atoms with E-state index in [9.17, 15) is 4.79 Å². The number of methoxy groups -OCH3 is 1. The lowest BCUT2D eigenvalue weighted by Crippen LogP contribution is -2.39. The highest BCUT2D eigenvalue weighted by molar-refractivity contribution is 5.84. The Morgan fingerprint density at radius 3 is 2.82 bits per heavy atom. The largest absolute Gasteiger partial charge is 0.497 e. The van der Waals surface area contributed by atoms with Crippen LogP contribution in [0.2, 0.25) is 0 Å². The third-order valence-electron chi connectivity index (χ3n) is 5.71. The van der Waals surface area contributed by atoms with E-state index in [4.69, 9.17) is 4.74 Å². The first kappa shape index (κ1) is 18.6. The SMILES string of the molecule is COc1ccc2c(ccn2CC(=O)NC2CCN(C(C)c3ccccc3)C2)c1. The number of aromatic nitrogens is 1. The fourth-order valence-electron chi connectivity index (χ4n) is 4.07. The first-order chi connectivity index (χ1) is 13.6. The van der Waals surface area contributed by atoms with Gasteiger partial charge in [0, 0.05) is 42.3 Å². The minimum absolute atomic E-state index is 0.0625. The van der Waals surface area contributed by atoms with E-state index in [0.29, 0.717) is 12.6 Å². The molecule has 0 spiro atoms. The minimum atomic E-state index is 0.0625. The molecule has 5 heteroatoms. The van der Waals surface area contributed by atoms with Crippen LogP contribution in [-0.2, 0) is 11.3 Å². The highest BCUT2D eigenvalue weighted by Crippen LogP contribution is 2.25. The lowest BCUT2D eigenvalue weighted by molar-refractivity contribution is -0.122. The Balaban J connectivity index is 1.35. The van der Waals surface area contributed by atoms with Crippen molar-refractivity contribution in [2.75, 3.05) is 20.2 Å². The van der Waals surface area contributed by atoms with E-state index in [0.717, 1.165) is 36.2 Å². The lowest BCUT2D eigenvalue weighted by Gasteiger charge is -2.24. The normalized spacial score (nSPS) is 18.3. The number of ether oxygens (including phenoxy) is 1. The Hall–Kier alpha value is -2.79. The number of likely N-dealkylation sites (tertiary alicyclic amines) is 1. The number of hydrogen-bond acceptors (Lipinski definition) is 3. The molecule has 146 valence electrons. The number of amides is 1. The van der Waals surface area contributed by atoms with Gasteiger partial charge in [0.1, 0.15) is 12.3 Å². The van der Waals surface area contributed by atoms with E-state index in [2.05, 4.69) is 41.4 Å². The molecule has 2 heterocycles. The number of carbonyl (C=O) groups is 1. The van der Waals surface area contributed by atoms with Crippen molar-refractivity contribution in [2.45, 2.75) is 32.0 Å². The number of hydrogen-bond donors (Lipinski definition) is 1. The molecule has 2 atom stereocenters. The van der Waals surface area contributed by atoms with Crippen LogP contribution >= 0.6 is 0 Å². The first-order valence-corrected chi connectivity index (χ1v) is 9.85. The van der Waals surface area contributed by atoms with Crippen molar-refractivity contribution in [1.82, 2.24) is 14.8 Å². The van der Waals surface area contributed by atoms with Gasteiger partial charge in [-0.1, -0.05) is 30.3 Å². The molecule has 5 nitrogen and oxygen atoms in total. The second-order valence-corrected chi connectivity index (χ2v) is 7.50. The molecule has 3 aromatic rings. The van der Waals surface area contributed by atoms with E-state index in [1.165, 1.54) is 5.56 Å². The average Bonchev–Trinajstić information content (AvgIpc) is 3.35. The third-order valence-corrected chi connectivity index (χ3v) is 5.71. The van der Waals surface area contributed by atoms with Crippen LogP contribution < -0.4 is 10.1 Å². The number of rotatable bonds is 6. The topological polar surface area (TPSA) is 46.5 Å². The Morgan fingerprint density at radius 1 is 1.21 bits per heavy atom. The average molecular weight is 377 g/mol. The quantitative estimate of drug-likeness (QED) is 0.714. The summed E-state index contributed by atoms with van der Waals surface area (Å²) in [5.41, 5.74) is 2.37. The summed E-state index contributed by atoms with van der Waals surface area (Å²) in [6.45, 7) is 4.47. The van der Waals surface area contributed by atoms with Crippen LogP contribution in [0.4, 0.5) is 0 Å². The van der Waals surface area contributed by atoms with Crippen molar-refractivity contribution in [3.63, 3.8) is 0 Å². The van der Waals surface area contributed by atoms with Crippen LogP contribution in [-0.4, -0.2) is 41.6 Å². The van der Waals surface area contributed by atoms with E-state index < -0.39 is 0 Å². The summed E-state index contributed by atoms with van der Waals surface area (Å²) in [7, 11) is 1.66. The highest BCUT2D eigenvalue weighted by atomic mass is 16.5. The Bertz CT molecular complexity index is 951. The summed E-state index contributed by atoms with van der Waals surface area (Å²) in [6, 6.07) is 19.1. The molecule has 28 heavy (non-hydrogen) atoms. The summed E-state index contributed by atoms with van der Waals surface area (Å²) in [6.07, 6.45) is 2.95. The molecule has 4 rings (SSSR count). The molecule has 1 N–H and O–H groups in total.